The lowest BCUT2D eigenvalue weighted by molar-refractivity contribution is -0.151. The lowest BCUT2D eigenvalue weighted by Gasteiger charge is -2.37. The summed E-state index contributed by atoms with van der Waals surface area (Å²) in [6, 6.07) is 0. The number of esters is 1. The lowest BCUT2D eigenvalue weighted by Crippen LogP contribution is -2.42. The summed E-state index contributed by atoms with van der Waals surface area (Å²) in [5.41, 5.74) is 0.877. The number of cyclic esters (lactones) is 1. The van der Waals surface area contributed by atoms with Gasteiger partial charge in [0, 0.05) is 10.8 Å². The summed E-state index contributed by atoms with van der Waals surface area (Å²) in [5, 5.41) is 11.1. The molecule has 0 bridgehead atoms. The van der Waals surface area contributed by atoms with Crippen molar-refractivity contribution in [2.45, 2.75) is 129 Å². The first-order valence-electron chi connectivity index (χ1n) is 11.3. The number of aliphatic hydroxyl groups excluding tert-OH is 1. The van der Waals surface area contributed by atoms with Crippen LogP contribution >= 0.6 is 0 Å². The number of aliphatic hydroxyl groups is 1. The molecule has 0 amide bonds. The van der Waals surface area contributed by atoms with Gasteiger partial charge >= 0.3 is 5.97 Å². The Morgan fingerprint density at radius 1 is 0.889 bits per heavy atom. The summed E-state index contributed by atoms with van der Waals surface area (Å²) in [7, 11) is -1.99. The van der Waals surface area contributed by atoms with Gasteiger partial charge < -0.3 is 9.84 Å². The highest BCUT2D eigenvalue weighted by Gasteiger charge is 2.48. The second-order valence-corrected chi connectivity index (χ2v) is 15.1. The zero-order chi connectivity index (χ0) is 20.5. The van der Waals surface area contributed by atoms with Gasteiger partial charge in [0.05, 0.1) is 8.07 Å². The van der Waals surface area contributed by atoms with Crippen molar-refractivity contribution in [3.8, 4) is 0 Å². The Morgan fingerprint density at radius 2 is 1.33 bits per heavy atom. The molecule has 1 aliphatic rings. The molecule has 1 N–H and O–H groups in total. The van der Waals surface area contributed by atoms with Crippen LogP contribution in [0.25, 0.3) is 0 Å². The number of unbranched alkanes of at least 4 members (excludes halogenated alkanes) is 10. The second kappa shape index (κ2) is 11.4. The van der Waals surface area contributed by atoms with Gasteiger partial charge in [0.15, 0.2) is 0 Å². The summed E-state index contributed by atoms with van der Waals surface area (Å²) >= 11 is 0. The third-order valence-electron chi connectivity index (χ3n) is 6.59. The molecule has 1 rings (SSSR count). The zero-order valence-electron chi connectivity index (χ0n) is 18.8. The van der Waals surface area contributed by atoms with E-state index in [0.29, 0.717) is 0 Å². The molecule has 0 saturated heterocycles. The summed E-state index contributed by atoms with van der Waals surface area (Å²) in [5.74, 6) is -0.271. The van der Waals surface area contributed by atoms with Gasteiger partial charge in [-0.1, -0.05) is 105 Å². The SMILES string of the molecule is CCCCCCCCCCCCCC1=C([Si](C)(C)C(C)(C)C)C(=O)OC1O. The number of rotatable bonds is 13. The molecule has 0 aromatic carbocycles. The van der Waals surface area contributed by atoms with Crippen LogP contribution in [0.5, 0.6) is 0 Å². The molecular weight excluding hydrogens is 352 g/mol. The van der Waals surface area contributed by atoms with E-state index in [1.165, 1.54) is 64.2 Å². The summed E-state index contributed by atoms with van der Waals surface area (Å²) < 4.78 is 5.20. The highest BCUT2D eigenvalue weighted by atomic mass is 28.3. The molecule has 0 aromatic rings. The van der Waals surface area contributed by atoms with E-state index in [-0.39, 0.29) is 11.0 Å². The largest absolute Gasteiger partial charge is 0.429 e. The zero-order valence-corrected chi connectivity index (χ0v) is 19.8. The summed E-state index contributed by atoms with van der Waals surface area (Å²) in [4.78, 5) is 12.4. The first-order chi connectivity index (χ1) is 12.6. The van der Waals surface area contributed by atoms with Crippen LogP contribution in [-0.4, -0.2) is 25.4 Å². The molecule has 0 aromatic heterocycles. The first-order valence-corrected chi connectivity index (χ1v) is 14.3. The molecule has 0 saturated carbocycles. The minimum Gasteiger partial charge on any atom is -0.429 e. The van der Waals surface area contributed by atoms with E-state index in [4.69, 9.17) is 4.74 Å². The number of hydrogen-bond acceptors (Lipinski definition) is 3. The van der Waals surface area contributed by atoms with Crippen molar-refractivity contribution >= 4 is 14.0 Å². The van der Waals surface area contributed by atoms with Crippen LogP contribution in [-0.2, 0) is 9.53 Å². The number of hydrogen-bond donors (Lipinski definition) is 1. The van der Waals surface area contributed by atoms with Gasteiger partial charge in [0.1, 0.15) is 0 Å². The normalized spacial score (nSPS) is 18.3. The van der Waals surface area contributed by atoms with E-state index in [1.54, 1.807) is 0 Å². The van der Waals surface area contributed by atoms with Crippen LogP contribution in [0.2, 0.25) is 18.1 Å². The maximum atomic E-state index is 12.4. The van der Waals surface area contributed by atoms with E-state index in [0.717, 1.165) is 23.6 Å². The molecule has 1 atom stereocenters. The van der Waals surface area contributed by atoms with Crippen LogP contribution in [0.4, 0.5) is 0 Å². The Hall–Kier alpha value is -0.613. The predicted octanol–water partition coefficient (Wildman–Crippen LogP) is 6.91. The highest BCUT2D eigenvalue weighted by Crippen LogP contribution is 2.45. The van der Waals surface area contributed by atoms with Crippen molar-refractivity contribution in [3.05, 3.63) is 10.8 Å². The Kier molecular flexibility index (Phi) is 10.3. The molecular formula is C23H44O3Si. The average Bonchev–Trinajstić information content (AvgIpc) is 2.85. The molecule has 4 heteroatoms. The third kappa shape index (κ3) is 7.38. The Balaban J connectivity index is 2.38. The van der Waals surface area contributed by atoms with E-state index >= 15 is 0 Å². The molecule has 1 aliphatic heterocycles. The average molecular weight is 397 g/mol. The van der Waals surface area contributed by atoms with E-state index in [2.05, 4.69) is 40.8 Å². The van der Waals surface area contributed by atoms with Gasteiger partial charge in [-0.2, -0.15) is 0 Å². The number of ether oxygens (including phenoxy) is 1. The number of carbonyl (C=O) groups excluding carboxylic acids is 1. The second-order valence-electron chi connectivity index (χ2n) is 9.82. The van der Waals surface area contributed by atoms with Crippen LogP contribution in [0.3, 0.4) is 0 Å². The quantitative estimate of drug-likeness (QED) is 0.209. The van der Waals surface area contributed by atoms with Crippen LogP contribution in [0, 0.1) is 0 Å². The predicted molar refractivity (Wildman–Crippen MR) is 117 cm³/mol. The van der Waals surface area contributed by atoms with Gasteiger partial charge in [0.2, 0.25) is 6.29 Å². The van der Waals surface area contributed by atoms with Crippen molar-refractivity contribution in [2.24, 2.45) is 0 Å². The fourth-order valence-electron chi connectivity index (χ4n) is 3.75. The van der Waals surface area contributed by atoms with Gasteiger partial charge in [-0.3, -0.25) is 0 Å². The number of carbonyl (C=O) groups is 1. The third-order valence-corrected chi connectivity index (χ3v) is 12.1. The van der Waals surface area contributed by atoms with E-state index in [9.17, 15) is 9.90 Å². The molecule has 0 radical (unpaired) electrons. The molecule has 0 fully saturated rings. The Labute approximate surface area is 169 Å². The summed E-state index contributed by atoms with van der Waals surface area (Å²) in [6.45, 7) is 13.3. The lowest BCUT2D eigenvalue weighted by atomic mass is 10.0. The van der Waals surface area contributed by atoms with Crippen LogP contribution < -0.4 is 0 Å². The Morgan fingerprint density at radius 3 is 1.78 bits per heavy atom. The molecule has 1 unspecified atom stereocenters. The van der Waals surface area contributed by atoms with Crippen LogP contribution in [0.15, 0.2) is 10.8 Å². The minimum atomic E-state index is -1.99. The fourth-order valence-corrected chi connectivity index (χ4v) is 6.12. The van der Waals surface area contributed by atoms with E-state index in [1.807, 2.05) is 0 Å². The Bertz CT molecular complexity index is 488. The molecule has 158 valence electrons. The monoisotopic (exact) mass is 396 g/mol. The first kappa shape index (κ1) is 24.4. The molecule has 1 heterocycles. The molecule has 0 spiro atoms. The van der Waals surface area contributed by atoms with Crippen molar-refractivity contribution in [1.82, 2.24) is 0 Å². The van der Waals surface area contributed by atoms with Crippen molar-refractivity contribution in [1.29, 1.82) is 0 Å². The molecule has 27 heavy (non-hydrogen) atoms. The summed E-state index contributed by atoms with van der Waals surface area (Å²) in [6.07, 6.45) is 14.1. The van der Waals surface area contributed by atoms with Crippen molar-refractivity contribution < 1.29 is 14.6 Å². The van der Waals surface area contributed by atoms with Crippen LogP contribution in [0.1, 0.15) is 105 Å². The molecule has 3 nitrogen and oxygen atoms in total. The maximum Gasteiger partial charge on any atom is 0.332 e. The van der Waals surface area contributed by atoms with Crippen molar-refractivity contribution in [2.75, 3.05) is 0 Å². The minimum absolute atomic E-state index is 0.0633. The van der Waals surface area contributed by atoms with Gasteiger partial charge in [0.25, 0.3) is 0 Å². The maximum absolute atomic E-state index is 12.4. The smallest absolute Gasteiger partial charge is 0.332 e. The van der Waals surface area contributed by atoms with Gasteiger partial charge in [-0.05, 0) is 17.9 Å². The van der Waals surface area contributed by atoms with Gasteiger partial charge in [-0.25, -0.2) is 4.79 Å². The topological polar surface area (TPSA) is 46.5 Å². The fraction of sp³-hybridized carbons (Fsp3) is 0.870. The highest BCUT2D eigenvalue weighted by molar-refractivity contribution is 6.90. The molecule has 0 aliphatic carbocycles. The van der Waals surface area contributed by atoms with E-state index < -0.39 is 14.4 Å². The van der Waals surface area contributed by atoms with Crippen molar-refractivity contribution in [3.63, 3.8) is 0 Å². The standard InChI is InChI=1S/C23H44O3Si/c1-7-8-9-10-11-12-13-14-15-16-17-18-19-20(22(25)26-21(19)24)27(5,6)23(2,3)4/h21,24H,7-18H2,1-6H3. The van der Waals surface area contributed by atoms with Gasteiger partial charge in [-0.15, -0.1) is 0 Å².